The highest BCUT2D eigenvalue weighted by Crippen LogP contribution is 2.51. The number of carboxylic acid groups (broad SMARTS) is 1. The molecule has 1 saturated carbocycles. The zero-order valence-electron chi connectivity index (χ0n) is 17.1. The second kappa shape index (κ2) is 6.86. The van der Waals surface area contributed by atoms with Gasteiger partial charge in [-0.2, -0.15) is 0 Å². The Morgan fingerprint density at radius 2 is 2.03 bits per heavy atom. The van der Waals surface area contributed by atoms with Gasteiger partial charge < -0.3 is 25.4 Å². The number of hydrogen-bond donors (Lipinski definition) is 2. The Bertz CT molecular complexity index is 868. The van der Waals surface area contributed by atoms with E-state index in [0.29, 0.717) is 17.8 Å². The second-order valence-corrected chi connectivity index (χ2v) is 9.01. The highest BCUT2D eigenvalue weighted by Gasteiger charge is 2.47. The lowest BCUT2D eigenvalue weighted by Gasteiger charge is -2.46. The first-order valence-electron chi connectivity index (χ1n) is 10.1. The molecule has 1 aliphatic carbocycles. The van der Waals surface area contributed by atoms with Gasteiger partial charge in [0, 0.05) is 12.6 Å². The number of piperidine rings is 1. The van der Waals surface area contributed by atoms with Crippen molar-refractivity contribution in [3.05, 3.63) is 17.4 Å². The summed E-state index contributed by atoms with van der Waals surface area (Å²) in [7, 11) is 1.46. The Balaban J connectivity index is 1.89. The number of benzene rings is 1. The van der Waals surface area contributed by atoms with Crippen LogP contribution in [-0.4, -0.2) is 42.8 Å². The minimum Gasteiger partial charge on any atom is -0.492 e. The van der Waals surface area contributed by atoms with Crippen molar-refractivity contribution in [1.82, 2.24) is 0 Å². The smallest absolute Gasteiger partial charge is 0.316 e. The Morgan fingerprint density at radius 1 is 1.34 bits per heavy atom. The van der Waals surface area contributed by atoms with E-state index in [2.05, 4.69) is 13.8 Å². The quantitative estimate of drug-likeness (QED) is 0.748. The van der Waals surface area contributed by atoms with E-state index in [1.807, 2.05) is 4.90 Å². The summed E-state index contributed by atoms with van der Waals surface area (Å²) < 4.78 is 21.0. The number of anilines is 2. The van der Waals surface area contributed by atoms with Crippen LogP contribution in [-0.2, 0) is 16.0 Å². The third-order valence-electron chi connectivity index (χ3n) is 6.52. The van der Waals surface area contributed by atoms with Crippen LogP contribution in [0.15, 0.2) is 6.07 Å². The van der Waals surface area contributed by atoms with Gasteiger partial charge in [0.2, 0.25) is 5.91 Å². The van der Waals surface area contributed by atoms with Crippen molar-refractivity contribution in [2.75, 3.05) is 23.5 Å². The number of aliphatic carboxylic acids is 1. The van der Waals surface area contributed by atoms with Crippen LogP contribution >= 0.6 is 0 Å². The van der Waals surface area contributed by atoms with E-state index >= 15 is 4.39 Å². The van der Waals surface area contributed by atoms with Gasteiger partial charge >= 0.3 is 5.97 Å². The highest BCUT2D eigenvalue weighted by molar-refractivity contribution is 6.10. The van der Waals surface area contributed by atoms with E-state index in [1.165, 1.54) is 18.1 Å². The third-order valence-corrected chi connectivity index (χ3v) is 6.52. The minimum absolute atomic E-state index is 0.0438. The summed E-state index contributed by atoms with van der Waals surface area (Å²) in [5.74, 6) is -3.06. The number of rotatable bonds is 4. The predicted octanol–water partition coefficient (Wildman–Crippen LogP) is 2.50. The number of fused-ring (bicyclic) bond motifs is 1. The summed E-state index contributed by atoms with van der Waals surface area (Å²) >= 11 is 0. The molecule has 2 heterocycles. The van der Waals surface area contributed by atoms with Gasteiger partial charge in [0.15, 0.2) is 11.6 Å². The van der Waals surface area contributed by atoms with Crippen LogP contribution in [0.3, 0.4) is 0 Å². The van der Waals surface area contributed by atoms with Crippen LogP contribution in [0.5, 0.6) is 5.75 Å². The van der Waals surface area contributed by atoms with E-state index < -0.39 is 29.8 Å². The van der Waals surface area contributed by atoms with Gasteiger partial charge in [-0.3, -0.25) is 9.59 Å². The second-order valence-electron chi connectivity index (χ2n) is 9.01. The van der Waals surface area contributed by atoms with Crippen molar-refractivity contribution in [1.29, 1.82) is 0 Å². The number of halogens is 1. The predicted molar refractivity (Wildman–Crippen MR) is 107 cm³/mol. The molecule has 3 aliphatic rings. The third kappa shape index (κ3) is 3.13. The molecule has 0 aromatic heterocycles. The number of nitrogens with two attached hydrogens (primary N) is 1. The zero-order chi connectivity index (χ0) is 21.1. The minimum atomic E-state index is -1.20. The van der Waals surface area contributed by atoms with Crippen molar-refractivity contribution in [2.24, 2.45) is 17.1 Å². The summed E-state index contributed by atoms with van der Waals surface area (Å²) in [5.41, 5.74) is 7.56. The van der Waals surface area contributed by atoms with Crippen molar-refractivity contribution < 1.29 is 23.8 Å². The molecular formula is C21H28FN3O4. The van der Waals surface area contributed by atoms with Crippen LogP contribution in [0.2, 0.25) is 0 Å². The first-order chi connectivity index (χ1) is 13.7. The Morgan fingerprint density at radius 3 is 2.62 bits per heavy atom. The molecule has 1 amide bonds. The van der Waals surface area contributed by atoms with E-state index in [-0.39, 0.29) is 29.3 Å². The highest BCUT2D eigenvalue weighted by atomic mass is 19.1. The van der Waals surface area contributed by atoms with Crippen molar-refractivity contribution in [3.8, 4) is 5.75 Å². The average molecular weight is 405 g/mol. The van der Waals surface area contributed by atoms with Gasteiger partial charge in [0.1, 0.15) is 11.6 Å². The molecule has 2 aliphatic heterocycles. The Hall–Kier alpha value is -2.35. The monoisotopic (exact) mass is 405 g/mol. The number of ether oxygens (including phenoxy) is 1. The summed E-state index contributed by atoms with van der Waals surface area (Å²) in [5, 5.41) is 9.50. The number of carbonyl (C=O) groups excluding carboxylic acids is 1. The first-order valence-corrected chi connectivity index (χ1v) is 10.1. The molecule has 158 valence electrons. The van der Waals surface area contributed by atoms with Gasteiger partial charge in [-0.15, -0.1) is 0 Å². The molecule has 7 nitrogen and oxygen atoms in total. The summed E-state index contributed by atoms with van der Waals surface area (Å²) in [6, 6.07) is 1.29. The van der Waals surface area contributed by atoms with Crippen molar-refractivity contribution in [3.63, 3.8) is 0 Å². The van der Waals surface area contributed by atoms with Crippen molar-refractivity contribution in [2.45, 2.75) is 58.2 Å². The molecule has 0 spiro atoms. The molecule has 1 aromatic rings. The fourth-order valence-corrected chi connectivity index (χ4v) is 4.68. The maximum Gasteiger partial charge on any atom is 0.316 e. The lowest BCUT2D eigenvalue weighted by atomic mass is 9.80. The lowest BCUT2D eigenvalue weighted by Crippen LogP contribution is -2.56. The molecule has 0 radical (unpaired) electrons. The number of carboxylic acids is 1. The van der Waals surface area contributed by atoms with Gasteiger partial charge in [-0.1, -0.05) is 13.8 Å². The Labute approximate surface area is 169 Å². The molecule has 2 fully saturated rings. The van der Waals surface area contributed by atoms with Gasteiger partial charge in [0.05, 0.1) is 19.0 Å². The number of carbonyl (C=O) groups is 2. The van der Waals surface area contributed by atoms with E-state index in [4.69, 9.17) is 10.5 Å². The molecule has 29 heavy (non-hydrogen) atoms. The molecule has 1 aromatic carbocycles. The molecule has 4 rings (SSSR count). The van der Waals surface area contributed by atoms with Crippen LogP contribution in [0.25, 0.3) is 0 Å². The van der Waals surface area contributed by atoms with Crippen LogP contribution in [0.4, 0.5) is 15.8 Å². The van der Waals surface area contributed by atoms with Gasteiger partial charge in [0.25, 0.3) is 0 Å². The molecular weight excluding hydrogens is 377 g/mol. The van der Waals surface area contributed by atoms with Crippen molar-refractivity contribution >= 4 is 23.3 Å². The van der Waals surface area contributed by atoms with Gasteiger partial charge in [-0.25, -0.2) is 4.39 Å². The molecule has 1 saturated heterocycles. The maximum atomic E-state index is 15.4. The summed E-state index contributed by atoms with van der Waals surface area (Å²) in [6.07, 6.45) is 2.95. The Kier molecular flexibility index (Phi) is 4.72. The van der Waals surface area contributed by atoms with Crippen LogP contribution < -0.4 is 20.3 Å². The largest absolute Gasteiger partial charge is 0.492 e. The topological polar surface area (TPSA) is 96.1 Å². The van der Waals surface area contributed by atoms with E-state index in [9.17, 15) is 14.7 Å². The SMILES string of the molecule is COc1c2c(cc(F)c1N1CCCC(C)(C)[C@H]1N)CC(C(=O)O)C(=O)N2C1CC1. The number of amides is 1. The van der Waals surface area contributed by atoms with Crippen LogP contribution in [0, 0.1) is 17.2 Å². The average Bonchev–Trinajstić information content (AvgIpc) is 3.48. The lowest BCUT2D eigenvalue weighted by molar-refractivity contribution is -0.146. The molecule has 0 bridgehead atoms. The molecule has 2 atom stereocenters. The normalized spacial score (nSPS) is 26.3. The fourth-order valence-electron chi connectivity index (χ4n) is 4.68. The maximum absolute atomic E-state index is 15.4. The summed E-state index contributed by atoms with van der Waals surface area (Å²) in [6.45, 7) is 4.71. The fraction of sp³-hybridized carbons (Fsp3) is 0.619. The zero-order valence-corrected chi connectivity index (χ0v) is 17.1. The summed E-state index contributed by atoms with van der Waals surface area (Å²) in [4.78, 5) is 28.0. The van der Waals surface area contributed by atoms with E-state index in [0.717, 1.165) is 25.7 Å². The standard InChI is InChI=1S/C21H28FN3O4/c1-21(2)7-4-8-24(20(21)23)16-14(22)10-11-9-13(19(27)28)18(26)25(12-5-6-12)15(11)17(16)29-3/h10,12-13,20H,4-9,23H2,1-3H3,(H,27,28)/t13?,20-/m0/s1. The number of methoxy groups -OCH3 is 1. The number of hydrogen-bond acceptors (Lipinski definition) is 5. The van der Waals surface area contributed by atoms with Gasteiger partial charge in [-0.05, 0) is 49.1 Å². The van der Waals surface area contributed by atoms with E-state index in [1.54, 1.807) is 0 Å². The number of nitrogens with zero attached hydrogens (tertiary/aromatic N) is 2. The molecule has 3 N–H and O–H groups in total. The molecule has 1 unspecified atom stereocenters. The first kappa shape index (κ1) is 19.9. The van der Waals surface area contributed by atoms with Crippen LogP contribution in [0.1, 0.15) is 45.1 Å². The molecule has 8 heteroatoms.